The van der Waals surface area contributed by atoms with Crippen molar-refractivity contribution in [3.8, 4) is 0 Å². The number of aliphatic hydroxyl groups is 2. The van der Waals surface area contributed by atoms with E-state index in [-0.39, 0.29) is 0 Å². The summed E-state index contributed by atoms with van der Waals surface area (Å²) in [4.78, 5) is 38.7. The Balaban J connectivity index is 1.84. The summed E-state index contributed by atoms with van der Waals surface area (Å²) in [5.41, 5.74) is -1.37. The van der Waals surface area contributed by atoms with Crippen molar-refractivity contribution in [3.05, 3.63) is 33.1 Å². The molecule has 9 nitrogen and oxygen atoms in total. The molecule has 0 radical (unpaired) electrons. The van der Waals surface area contributed by atoms with Crippen molar-refractivity contribution < 1.29 is 19.7 Å². The summed E-state index contributed by atoms with van der Waals surface area (Å²) in [6.45, 7) is 0.551. The van der Waals surface area contributed by atoms with Gasteiger partial charge >= 0.3 is 5.69 Å². The number of aliphatic hydroxyl groups excluding tert-OH is 2. The summed E-state index contributed by atoms with van der Waals surface area (Å²) in [6, 6.07) is 1.09. The Labute approximate surface area is 128 Å². The first-order chi connectivity index (χ1) is 10.5. The van der Waals surface area contributed by atoms with Crippen LogP contribution in [0.1, 0.15) is 6.23 Å². The van der Waals surface area contributed by atoms with Gasteiger partial charge in [0.2, 0.25) is 0 Å². The molecule has 3 heterocycles. The number of nitrogens with one attached hydrogen (secondary N) is 1. The lowest BCUT2D eigenvalue weighted by molar-refractivity contribution is -0.147. The van der Waals surface area contributed by atoms with Gasteiger partial charge in [-0.25, -0.2) is 4.79 Å². The molecule has 0 aliphatic carbocycles. The molecule has 1 amide bonds. The molecule has 3 rings (SSSR count). The number of H-pyrrole nitrogens is 1. The fraction of sp³-hybridized carbons (Fsp3) is 0.583. The average Bonchev–Trinajstić information content (AvgIpc) is 3.10. The number of carbonyl (C=O) groups excluding carboxylic acids is 1. The van der Waals surface area contributed by atoms with E-state index >= 15 is 0 Å². The van der Waals surface area contributed by atoms with Crippen molar-refractivity contribution in [2.24, 2.45) is 0 Å². The van der Waals surface area contributed by atoms with E-state index in [1.165, 1.54) is 4.90 Å². The zero-order chi connectivity index (χ0) is 15.9. The standard InChI is InChI=1S/C12H15N3O6S/c16-6-1-2-15(12(20)13-6)11-8(18)7(17)9(21-11)10(19)14-3-4-22-5-14/h1-2,7-9,11,17-18H,3-5H2,(H,13,16,20)/t7-,8+,9-,11+/m0/s1. The number of rotatable bonds is 2. The molecule has 0 bridgehead atoms. The molecule has 3 N–H and O–H groups in total. The third-order valence-electron chi connectivity index (χ3n) is 3.67. The maximum absolute atomic E-state index is 12.3. The minimum absolute atomic E-state index is 0.420. The van der Waals surface area contributed by atoms with E-state index in [0.717, 1.165) is 22.6 Å². The van der Waals surface area contributed by atoms with Gasteiger partial charge in [-0.3, -0.25) is 19.1 Å². The lowest BCUT2D eigenvalue weighted by atomic mass is 10.1. The molecule has 2 aliphatic rings. The van der Waals surface area contributed by atoms with Gasteiger partial charge in [0.15, 0.2) is 12.3 Å². The highest BCUT2D eigenvalue weighted by Gasteiger charge is 2.49. The van der Waals surface area contributed by atoms with Gasteiger partial charge in [-0.15, -0.1) is 11.8 Å². The van der Waals surface area contributed by atoms with Gasteiger partial charge in [-0.05, 0) is 0 Å². The highest BCUT2D eigenvalue weighted by atomic mass is 32.2. The van der Waals surface area contributed by atoms with Gasteiger partial charge in [0, 0.05) is 24.6 Å². The Morgan fingerprint density at radius 3 is 2.77 bits per heavy atom. The maximum Gasteiger partial charge on any atom is 0.330 e. The van der Waals surface area contributed by atoms with Crippen LogP contribution in [-0.2, 0) is 9.53 Å². The van der Waals surface area contributed by atoms with Crippen molar-refractivity contribution in [1.29, 1.82) is 0 Å². The molecule has 120 valence electrons. The third-order valence-corrected chi connectivity index (χ3v) is 4.64. The number of hydrogen-bond acceptors (Lipinski definition) is 7. The number of aromatic amines is 1. The molecule has 1 aromatic rings. The molecule has 0 saturated carbocycles. The highest BCUT2D eigenvalue weighted by Crippen LogP contribution is 2.30. The number of ether oxygens (including phenoxy) is 1. The normalized spacial score (nSPS) is 31.6. The molecule has 0 spiro atoms. The predicted octanol–water partition coefficient (Wildman–Crippen LogP) is -2.31. The number of nitrogens with zero attached hydrogens (tertiary/aromatic N) is 2. The number of thioether (sulfide) groups is 1. The Morgan fingerprint density at radius 1 is 1.36 bits per heavy atom. The number of aromatic nitrogens is 2. The molecule has 22 heavy (non-hydrogen) atoms. The molecular weight excluding hydrogens is 314 g/mol. The minimum Gasteiger partial charge on any atom is -0.387 e. The van der Waals surface area contributed by atoms with Gasteiger partial charge in [0.25, 0.3) is 11.5 Å². The summed E-state index contributed by atoms with van der Waals surface area (Å²) in [6.07, 6.45) is -4.21. The first-order valence-corrected chi connectivity index (χ1v) is 7.84. The smallest absolute Gasteiger partial charge is 0.330 e. The fourth-order valence-corrected chi connectivity index (χ4v) is 3.44. The van der Waals surface area contributed by atoms with Crippen LogP contribution in [0.2, 0.25) is 0 Å². The predicted molar refractivity (Wildman–Crippen MR) is 76.3 cm³/mol. The lowest BCUT2D eigenvalue weighted by Crippen LogP contribution is -2.44. The number of hydrogen-bond donors (Lipinski definition) is 3. The van der Waals surface area contributed by atoms with E-state index in [2.05, 4.69) is 0 Å². The molecule has 2 aliphatic heterocycles. The third kappa shape index (κ3) is 2.58. The van der Waals surface area contributed by atoms with Crippen LogP contribution in [0.15, 0.2) is 21.9 Å². The van der Waals surface area contributed by atoms with E-state index in [0.29, 0.717) is 12.4 Å². The molecule has 1 aromatic heterocycles. The van der Waals surface area contributed by atoms with Gasteiger partial charge in [0.05, 0.1) is 5.88 Å². The zero-order valence-corrected chi connectivity index (χ0v) is 12.2. The molecule has 4 atom stereocenters. The molecular formula is C12H15N3O6S. The van der Waals surface area contributed by atoms with Gasteiger partial charge in [0.1, 0.15) is 12.2 Å². The van der Waals surface area contributed by atoms with Crippen LogP contribution in [0.3, 0.4) is 0 Å². The summed E-state index contributed by atoms with van der Waals surface area (Å²) < 4.78 is 6.35. The first kappa shape index (κ1) is 15.3. The minimum atomic E-state index is -1.45. The second kappa shape index (κ2) is 5.88. The number of carbonyl (C=O) groups is 1. The second-order valence-corrected chi connectivity index (χ2v) is 6.16. The lowest BCUT2D eigenvalue weighted by Gasteiger charge is -2.20. The van der Waals surface area contributed by atoms with Crippen LogP contribution < -0.4 is 11.2 Å². The average molecular weight is 329 g/mol. The van der Waals surface area contributed by atoms with Crippen molar-refractivity contribution >= 4 is 17.7 Å². The summed E-state index contributed by atoms with van der Waals surface area (Å²) in [7, 11) is 0. The van der Waals surface area contributed by atoms with E-state index in [9.17, 15) is 24.6 Å². The van der Waals surface area contributed by atoms with Crippen molar-refractivity contribution in [2.75, 3.05) is 18.2 Å². The Hall–Kier alpha value is -1.62. The fourth-order valence-electron chi connectivity index (χ4n) is 2.49. The van der Waals surface area contributed by atoms with E-state index < -0.39 is 41.7 Å². The van der Waals surface area contributed by atoms with Crippen LogP contribution >= 0.6 is 11.8 Å². The van der Waals surface area contributed by atoms with Crippen LogP contribution in [0.4, 0.5) is 0 Å². The Kier molecular flexibility index (Phi) is 4.08. The summed E-state index contributed by atoms with van der Waals surface area (Å²) in [5.74, 6) is 0.890. The zero-order valence-electron chi connectivity index (χ0n) is 11.4. The van der Waals surface area contributed by atoms with Crippen LogP contribution in [0.5, 0.6) is 0 Å². The monoisotopic (exact) mass is 329 g/mol. The van der Waals surface area contributed by atoms with E-state index in [1.807, 2.05) is 4.98 Å². The first-order valence-electron chi connectivity index (χ1n) is 6.68. The molecule has 0 unspecified atom stereocenters. The van der Waals surface area contributed by atoms with Crippen LogP contribution in [-0.4, -0.2) is 67.1 Å². The van der Waals surface area contributed by atoms with Crippen molar-refractivity contribution in [1.82, 2.24) is 14.5 Å². The molecule has 2 fully saturated rings. The van der Waals surface area contributed by atoms with Crippen molar-refractivity contribution in [3.63, 3.8) is 0 Å². The van der Waals surface area contributed by atoms with Crippen LogP contribution in [0.25, 0.3) is 0 Å². The summed E-state index contributed by atoms with van der Waals surface area (Å²) in [5, 5.41) is 20.1. The van der Waals surface area contributed by atoms with Crippen LogP contribution in [0, 0.1) is 0 Å². The Bertz CT molecular complexity index is 682. The molecule has 2 saturated heterocycles. The molecule has 0 aromatic carbocycles. The Morgan fingerprint density at radius 2 is 2.14 bits per heavy atom. The quantitative estimate of drug-likeness (QED) is 0.557. The van der Waals surface area contributed by atoms with E-state index in [4.69, 9.17) is 4.74 Å². The van der Waals surface area contributed by atoms with Crippen molar-refractivity contribution in [2.45, 2.75) is 24.5 Å². The highest BCUT2D eigenvalue weighted by molar-refractivity contribution is 7.99. The SMILES string of the molecule is O=C([C@H]1O[C@@H](n2ccc(=O)[nH]c2=O)[C@H](O)[C@@H]1O)N1CCSC1. The van der Waals surface area contributed by atoms with Gasteiger partial charge < -0.3 is 19.8 Å². The maximum atomic E-state index is 12.3. The summed E-state index contributed by atoms with van der Waals surface area (Å²) >= 11 is 1.58. The number of amides is 1. The van der Waals surface area contributed by atoms with Gasteiger partial charge in [-0.1, -0.05) is 0 Å². The second-order valence-electron chi connectivity index (χ2n) is 5.08. The largest absolute Gasteiger partial charge is 0.387 e. The van der Waals surface area contributed by atoms with E-state index in [1.54, 1.807) is 11.8 Å². The van der Waals surface area contributed by atoms with Gasteiger partial charge in [-0.2, -0.15) is 0 Å². The topological polar surface area (TPSA) is 125 Å². The molecule has 10 heteroatoms.